The molecule has 1 aromatic rings. The third-order valence-electron chi connectivity index (χ3n) is 4.53. The van der Waals surface area contributed by atoms with Gasteiger partial charge in [0.1, 0.15) is 5.82 Å². The Labute approximate surface area is 144 Å². The highest BCUT2D eigenvalue weighted by atomic mass is 32.2. The predicted molar refractivity (Wildman–Crippen MR) is 91.5 cm³/mol. The molecule has 5 nitrogen and oxygen atoms in total. The topological polar surface area (TPSA) is 58.6 Å². The number of rotatable bonds is 3. The zero-order valence-corrected chi connectivity index (χ0v) is 14.6. The van der Waals surface area contributed by atoms with Crippen molar-refractivity contribution in [3.05, 3.63) is 29.6 Å². The van der Waals surface area contributed by atoms with Gasteiger partial charge in [-0.05, 0) is 17.7 Å². The van der Waals surface area contributed by atoms with Crippen LogP contribution in [0.5, 0.6) is 0 Å². The summed E-state index contributed by atoms with van der Waals surface area (Å²) >= 11 is 1.87. The van der Waals surface area contributed by atoms with Gasteiger partial charge in [0.2, 0.25) is 5.91 Å². The second-order valence-corrected chi connectivity index (χ2v) is 7.43. The lowest BCUT2D eigenvalue weighted by molar-refractivity contribution is -0.144. The lowest BCUT2D eigenvalue weighted by Gasteiger charge is -2.29. The first kappa shape index (κ1) is 17.1. The fourth-order valence-corrected chi connectivity index (χ4v) is 4.18. The van der Waals surface area contributed by atoms with Crippen molar-refractivity contribution in [1.29, 1.82) is 0 Å². The van der Waals surface area contributed by atoms with Gasteiger partial charge in [-0.15, -0.1) is 0 Å². The second-order valence-electron chi connectivity index (χ2n) is 6.21. The van der Waals surface area contributed by atoms with E-state index in [4.69, 9.17) is 4.74 Å². The van der Waals surface area contributed by atoms with Gasteiger partial charge in [-0.3, -0.25) is 9.59 Å². The van der Waals surface area contributed by atoms with Gasteiger partial charge in [-0.25, -0.2) is 4.39 Å². The number of halogens is 1. The van der Waals surface area contributed by atoms with Gasteiger partial charge in [0.25, 0.3) is 0 Å². The Morgan fingerprint density at radius 2 is 2.08 bits per heavy atom. The molecule has 2 heterocycles. The number of anilines is 1. The van der Waals surface area contributed by atoms with E-state index in [-0.39, 0.29) is 17.6 Å². The quantitative estimate of drug-likeness (QED) is 0.845. The van der Waals surface area contributed by atoms with E-state index in [1.54, 1.807) is 12.1 Å². The minimum absolute atomic E-state index is 0.252. The van der Waals surface area contributed by atoms with E-state index >= 15 is 0 Å². The standard InChI is InChI=1S/C17H21FN2O3S/c1-10-15(17(22)23-16(10)19-11(2)21)12-3-4-14(13(18)9-12)20-5-7-24-8-6-20/h3-4,9-10,15-16H,5-8H2,1-2H3,(H,19,21)/t10?,15-,16+/m0/s1. The maximum absolute atomic E-state index is 14.6. The minimum atomic E-state index is -0.665. The number of nitrogens with zero attached hydrogens (tertiary/aromatic N) is 1. The number of cyclic esters (lactones) is 1. The third-order valence-corrected chi connectivity index (χ3v) is 5.47. The SMILES string of the molecule is CC(=O)N[C@@H]1OC(=O)[C@H](c2ccc(N3CCSCC3)c(F)c2)C1C. The lowest BCUT2D eigenvalue weighted by Crippen LogP contribution is -2.36. The summed E-state index contributed by atoms with van der Waals surface area (Å²) in [4.78, 5) is 25.4. The molecule has 0 radical (unpaired) electrons. The number of thioether (sulfide) groups is 1. The van der Waals surface area contributed by atoms with E-state index in [1.807, 2.05) is 23.6 Å². The fraction of sp³-hybridized carbons (Fsp3) is 0.529. The molecule has 0 aromatic heterocycles. The van der Waals surface area contributed by atoms with Crippen LogP contribution in [-0.4, -0.2) is 42.7 Å². The zero-order valence-electron chi connectivity index (χ0n) is 13.8. The van der Waals surface area contributed by atoms with Crippen molar-refractivity contribution in [3.8, 4) is 0 Å². The number of hydrogen-bond donors (Lipinski definition) is 1. The number of carbonyl (C=O) groups excluding carboxylic acids is 2. The maximum Gasteiger partial charge on any atom is 0.315 e. The van der Waals surface area contributed by atoms with E-state index < -0.39 is 18.1 Å². The van der Waals surface area contributed by atoms with E-state index in [2.05, 4.69) is 5.32 Å². The van der Waals surface area contributed by atoms with Crippen LogP contribution in [0.2, 0.25) is 0 Å². The summed E-state index contributed by atoms with van der Waals surface area (Å²) in [6.45, 7) is 4.85. The Balaban J connectivity index is 1.80. The predicted octanol–water partition coefficient (Wildman–Crippen LogP) is 2.12. The lowest BCUT2D eigenvalue weighted by atomic mass is 9.88. The van der Waals surface area contributed by atoms with Gasteiger partial charge in [0, 0.05) is 37.4 Å². The summed E-state index contributed by atoms with van der Waals surface area (Å²) < 4.78 is 19.8. The van der Waals surface area contributed by atoms with Crippen molar-refractivity contribution in [3.63, 3.8) is 0 Å². The van der Waals surface area contributed by atoms with Crippen LogP contribution in [0, 0.1) is 11.7 Å². The fourth-order valence-electron chi connectivity index (χ4n) is 3.27. The summed E-state index contributed by atoms with van der Waals surface area (Å²) in [5.41, 5.74) is 1.17. The summed E-state index contributed by atoms with van der Waals surface area (Å²) in [5, 5.41) is 2.61. The third kappa shape index (κ3) is 3.36. The molecule has 1 N–H and O–H groups in total. The van der Waals surface area contributed by atoms with Crippen LogP contribution < -0.4 is 10.2 Å². The molecule has 7 heteroatoms. The number of esters is 1. The van der Waals surface area contributed by atoms with Crippen LogP contribution in [0.25, 0.3) is 0 Å². The normalized spacial score (nSPS) is 27.0. The number of ether oxygens (including phenoxy) is 1. The summed E-state index contributed by atoms with van der Waals surface area (Å²) in [6.07, 6.45) is -0.665. The van der Waals surface area contributed by atoms with E-state index in [0.29, 0.717) is 11.3 Å². The number of benzene rings is 1. The van der Waals surface area contributed by atoms with Crippen LogP contribution in [0.3, 0.4) is 0 Å². The van der Waals surface area contributed by atoms with Gasteiger partial charge < -0.3 is 15.0 Å². The van der Waals surface area contributed by atoms with Gasteiger partial charge in [0.05, 0.1) is 11.6 Å². The van der Waals surface area contributed by atoms with Crippen LogP contribution >= 0.6 is 11.8 Å². The monoisotopic (exact) mass is 352 g/mol. The molecule has 2 aliphatic rings. The highest BCUT2D eigenvalue weighted by Gasteiger charge is 2.43. The van der Waals surface area contributed by atoms with Crippen molar-refractivity contribution in [1.82, 2.24) is 5.32 Å². The van der Waals surface area contributed by atoms with Crippen molar-refractivity contribution in [2.45, 2.75) is 26.0 Å². The molecule has 0 aliphatic carbocycles. The van der Waals surface area contributed by atoms with Crippen molar-refractivity contribution < 1.29 is 18.7 Å². The molecule has 130 valence electrons. The van der Waals surface area contributed by atoms with Crippen LogP contribution in [0.15, 0.2) is 18.2 Å². The molecule has 1 unspecified atom stereocenters. The minimum Gasteiger partial charge on any atom is -0.441 e. The van der Waals surface area contributed by atoms with Crippen LogP contribution in [0.4, 0.5) is 10.1 Å². The van der Waals surface area contributed by atoms with Gasteiger partial charge in [0.15, 0.2) is 6.23 Å². The number of hydrogen-bond acceptors (Lipinski definition) is 5. The van der Waals surface area contributed by atoms with E-state index in [1.165, 1.54) is 13.0 Å². The number of nitrogens with one attached hydrogen (secondary N) is 1. The summed E-state index contributed by atoms with van der Waals surface area (Å²) in [7, 11) is 0. The average molecular weight is 352 g/mol. The van der Waals surface area contributed by atoms with Crippen molar-refractivity contribution >= 4 is 29.3 Å². The Bertz CT molecular complexity index is 649. The first-order chi connectivity index (χ1) is 11.5. The Morgan fingerprint density at radius 1 is 1.38 bits per heavy atom. The van der Waals surface area contributed by atoms with Crippen LogP contribution in [-0.2, 0) is 14.3 Å². The smallest absolute Gasteiger partial charge is 0.315 e. The molecule has 0 bridgehead atoms. The molecule has 0 saturated carbocycles. The zero-order chi connectivity index (χ0) is 17.3. The Kier molecular flexibility index (Phi) is 4.99. The van der Waals surface area contributed by atoms with Crippen LogP contribution in [0.1, 0.15) is 25.3 Å². The second kappa shape index (κ2) is 7.01. The molecule has 1 amide bonds. The number of carbonyl (C=O) groups is 2. The highest BCUT2D eigenvalue weighted by Crippen LogP contribution is 2.37. The highest BCUT2D eigenvalue weighted by molar-refractivity contribution is 7.99. The van der Waals surface area contributed by atoms with Gasteiger partial charge in [-0.2, -0.15) is 11.8 Å². The molecule has 2 aliphatic heterocycles. The molecule has 24 heavy (non-hydrogen) atoms. The molecular weight excluding hydrogens is 331 g/mol. The van der Waals surface area contributed by atoms with E-state index in [0.717, 1.165) is 24.6 Å². The molecular formula is C17H21FN2O3S. The first-order valence-corrected chi connectivity index (χ1v) is 9.22. The van der Waals surface area contributed by atoms with Crippen molar-refractivity contribution in [2.24, 2.45) is 5.92 Å². The first-order valence-electron chi connectivity index (χ1n) is 8.07. The Morgan fingerprint density at radius 3 is 2.71 bits per heavy atom. The molecule has 3 atom stereocenters. The molecule has 3 rings (SSSR count). The van der Waals surface area contributed by atoms with Gasteiger partial charge in [-0.1, -0.05) is 13.0 Å². The van der Waals surface area contributed by atoms with Gasteiger partial charge >= 0.3 is 5.97 Å². The average Bonchev–Trinajstić information content (AvgIpc) is 2.81. The molecule has 1 aromatic carbocycles. The van der Waals surface area contributed by atoms with Crippen molar-refractivity contribution in [2.75, 3.05) is 29.5 Å². The maximum atomic E-state index is 14.6. The number of amides is 1. The molecule has 2 saturated heterocycles. The molecule has 0 spiro atoms. The largest absolute Gasteiger partial charge is 0.441 e. The Hall–Kier alpha value is -1.76. The van der Waals surface area contributed by atoms with E-state index in [9.17, 15) is 14.0 Å². The summed E-state index contributed by atoms with van der Waals surface area (Å²) in [5.74, 6) is 0.159. The molecule has 2 fully saturated rings. The summed E-state index contributed by atoms with van der Waals surface area (Å²) in [6, 6.07) is 4.96.